The third kappa shape index (κ3) is 4.74. The van der Waals surface area contributed by atoms with Gasteiger partial charge in [-0.15, -0.1) is 0 Å². The van der Waals surface area contributed by atoms with Gasteiger partial charge in [0.05, 0.1) is 0 Å². The number of anilines is 1. The standard InChI is InChI=1S/C26H30N2O4/c1-15(29)32-22-13-21(18(25(2,3)4)12-19(22)26(5,6)7)28-24(31)17-14-27-20-11-9-8-10-16(20)23(17)30/h8-14H,1-7H3,(H,27,30)(H,28,31). The Hall–Kier alpha value is -3.41. The molecule has 0 aliphatic carbocycles. The first kappa shape index (κ1) is 23.3. The zero-order valence-corrected chi connectivity index (χ0v) is 19.7. The molecule has 0 atom stereocenters. The Kier molecular flexibility index (Phi) is 6.00. The smallest absolute Gasteiger partial charge is 0.308 e. The highest BCUT2D eigenvalue weighted by atomic mass is 16.5. The van der Waals surface area contributed by atoms with Crippen molar-refractivity contribution in [1.82, 2.24) is 4.98 Å². The molecule has 3 rings (SSSR count). The first-order valence-corrected chi connectivity index (χ1v) is 10.6. The van der Waals surface area contributed by atoms with Gasteiger partial charge in [-0.05, 0) is 34.6 Å². The first-order chi connectivity index (χ1) is 14.8. The number of rotatable bonds is 3. The molecule has 0 saturated carbocycles. The number of amides is 1. The molecule has 1 aromatic heterocycles. The van der Waals surface area contributed by atoms with E-state index in [0.717, 1.165) is 11.1 Å². The van der Waals surface area contributed by atoms with Crippen LogP contribution in [0.15, 0.2) is 47.4 Å². The first-order valence-electron chi connectivity index (χ1n) is 10.6. The van der Waals surface area contributed by atoms with Gasteiger partial charge in [-0.25, -0.2) is 0 Å². The van der Waals surface area contributed by atoms with Crippen LogP contribution < -0.4 is 15.5 Å². The summed E-state index contributed by atoms with van der Waals surface area (Å²) in [7, 11) is 0. The molecule has 32 heavy (non-hydrogen) atoms. The molecule has 168 valence electrons. The van der Waals surface area contributed by atoms with E-state index in [4.69, 9.17) is 4.74 Å². The second-order valence-corrected chi connectivity index (χ2v) is 10.0. The van der Waals surface area contributed by atoms with Gasteiger partial charge in [0.15, 0.2) is 0 Å². The van der Waals surface area contributed by atoms with E-state index < -0.39 is 11.9 Å². The van der Waals surface area contributed by atoms with Gasteiger partial charge in [-0.2, -0.15) is 0 Å². The molecular weight excluding hydrogens is 404 g/mol. The maximum absolute atomic E-state index is 13.1. The summed E-state index contributed by atoms with van der Waals surface area (Å²) in [5.41, 5.74) is 1.97. The van der Waals surface area contributed by atoms with E-state index in [1.54, 1.807) is 24.3 Å². The zero-order chi connectivity index (χ0) is 23.8. The van der Waals surface area contributed by atoms with Gasteiger partial charge in [-0.1, -0.05) is 53.7 Å². The van der Waals surface area contributed by atoms with Crippen LogP contribution in [0.2, 0.25) is 0 Å². The van der Waals surface area contributed by atoms with E-state index in [1.165, 1.54) is 13.1 Å². The van der Waals surface area contributed by atoms with Gasteiger partial charge < -0.3 is 15.0 Å². The number of H-pyrrole nitrogens is 1. The Labute approximate surface area is 188 Å². The van der Waals surface area contributed by atoms with Crippen molar-refractivity contribution in [1.29, 1.82) is 0 Å². The lowest BCUT2D eigenvalue weighted by Crippen LogP contribution is -2.25. The fourth-order valence-corrected chi connectivity index (χ4v) is 3.65. The molecule has 3 aromatic rings. The predicted molar refractivity (Wildman–Crippen MR) is 128 cm³/mol. The number of carbonyl (C=O) groups excluding carboxylic acids is 2. The van der Waals surface area contributed by atoms with Crippen molar-refractivity contribution in [3.63, 3.8) is 0 Å². The molecule has 0 bridgehead atoms. The molecule has 1 amide bonds. The van der Waals surface area contributed by atoms with Crippen LogP contribution >= 0.6 is 0 Å². The number of nitrogens with one attached hydrogen (secondary N) is 2. The molecule has 0 fully saturated rings. The lowest BCUT2D eigenvalue weighted by Gasteiger charge is -2.29. The number of pyridine rings is 1. The van der Waals surface area contributed by atoms with Crippen molar-refractivity contribution < 1.29 is 14.3 Å². The minimum Gasteiger partial charge on any atom is -0.426 e. The molecule has 0 saturated heterocycles. The number of hydrogen-bond acceptors (Lipinski definition) is 4. The molecule has 0 unspecified atom stereocenters. The number of aromatic nitrogens is 1. The van der Waals surface area contributed by atoms with Crippen LogP contribution in [0, 0.1) is 0 Å². The van der Waals surface area contributed by atoms with Gasteiger partial charge in [0.25, 0.3) is 5.91 Å². The summed E-state index contributed by atoms with van der Waals surface area (Å²) in [6, 6.07) is 10.7. The largest absolute Gasteiger partial charge is 0.426 e. The minimum absolute atomic E-state index is 0.0116. The van der Waals surface area contributed by atoms with Crippen molar-refractivity contribution in [3.8, 4) is 5.75 Å². The van der Waals surface area contributed by atoms with E-state index in [2.05, 4.69) is 10.3 Å². The second-order valence-electron chi connectivity index (χ2n) is 10.0. The average Bonchev–Trinajstić information content (AvgIpc) is 2.66. The summed E-state index contributed by atoms with van der Waals surface area (Å²) in [6.07, 6.45) is 1.42. The minimum atomic E-state index is -0.528. The highest BCUT2D eigenvalue weighted by molar-refractivity contribution is 6.06. The van der Waals surface area contributed by atoms with E-state index in [9.17, 15) is 14.4 Å². The monoisotopic (exact) mass is 434 g/mol. The highest BCUT2D eigenvalue weighted by Crippen LogP contribution is 2.40. The van der Waals surface area contributed by atoms with Crippen LogP contribution in [0.25, 0.3) is 10.9 Å². The maximum atomic E-state index is 13.1. The number of esters is 1. The zero-order valence-electron chi connectivity index (χ0n) is 19.7. The average molecular weight is 435 g/mol. The maximum Gasteiger partial charge on any atom is 0.308 e. The Morgan fingerprint density at radius 2 is 1.56 bits per heavy atom. The van der Waals surface area contributed by atoms with Crippen LogP contribution in [0.3, 0.4) is 0 Å². The van der Waals surface area contributed by atoms with Crippen molar-refractivity contribution in [2.75, 3.05) is 5.32 Å². The lowest BCUT2D eigenvalue weighted by molar-refractivity contribution is -0.131. The van der Waals surface area contributed by atoms with Gasteiger partial charge >= 0.3 is 5.97 Å². The van der Waals surface area contributed by atoms with Crippen LogP contribution in [0.1, 0.15) is 70.0 Å². The van der Waals surface area contributed by atoms with Crippen molar-refractivity contribution in [2.24, 2.45) is 0 Å². The molecular formula is C26H30N2O4. The molecule has 1 heterocycles. The SMILES string of the molecule is CC(=O)Oc1cc(NC(=O)c2c[nH]c3ccccc3c2=O)c(C(C)(C)C)cc1C(C)(C)C. The molecule has 0 radical (unpaired) electrons. The molecule has 0 aliphatic rings. The summed E-state index contributed by atoms with van der Waals surface area (Å²) < 4.78 is 5.49. The fourth-order valence-electron chi connectivity index (χ4n) is 3.65. The number of para-hydroxylation sites is 1. The molecule has 2 N–H and O–H groups in total. The number of aromatic amines is 1. The van der Waals surface area contributed by atoms with Crippen molar-refractivity contribution in [2.45, 2.75) is 59.3 Å². The van der Waals surface area contributed by atoms with Gasteiger partial charge in [0.2, 0.25) is 5.43 Å². The van der Waals surface area contributed by atoms with Crippen molar-refractivity contribution in [3.05, 3.63) is 69.5 Å². The van der Waals surface area contributed by atoms with Gasteiger partial charge in [0, 0.05) is 41.3 Å². The Bertz CT molecular complexity index is 1260. The molecule has 0 aliphatic heterocycles. The summed E-state index contributed by atoms with van der Waals surface area (Å²) in [6.45, 7) is 13.6. The van der Waals surface area contributed by atoms with Crippen LogP contribution in [-0.2, 0) is 15.6 Å². The van der Waals surface area contributed by atoms with Gasteiger partial charge in [0.1, 0.15) is 11.3 Å². The fraction of sp³-hybridized carbons (Fsp3) is 0.346. The van der Waals surface area contributed by atoms with Crippen LogP contribution in [0.4, 0.5) is 5.69 Å². The molecule has 6 nitrogen and oxygen atoms in total. The number of carbonyl (C=O) groups is 2. The lowest BCUT2D eigenvalue weighted by atomic mass is 9.79. The third-order valence-electron chi connectivity index (χ3n) is 5.27. The highest BCUT2D eigenvalue weighted by Gasteiger charge is 2.28. The summed E-state index contributed by atoms with van der Waals surface area (Å²) >= 11 is 0. The van der Waals surface area contributed by atoms with E-state index >= 15 is 0 Å². The summed E-state index contributed by atoms with van der Waals surface area (Å²) in [5, 5.41) is 3.33. The summed E-state index contributed by atoms with van der Waals surface area (Å²) in [4.78, 5) is 40.8. The quantitative estimate of drug-likeness (QED) is 0.432. The Morgan fingerprint density at radius 3 is 2.16 bits per heavy atom. The number of benzene rings is 2. The van der Waals surface area contributed by atoms with Gasteiger partial charge in [-0.3, -0.25) is 14.4 Å². The predicted octanol–water partition coefficient (Wildman–Crippen LogP) is 5.30. The van der Waals surface area contributed by atoms with Crippen LogP contribution in [-0.4, -0.2) is 16.9 Å². The Morgan fingerprint density at radius 1 is 0.938 bits per heavy atom. The summed E-state index contributed by atoms with van der Waals surface area (Å²) in [5.74, 6) is -0.581. The number of fused-ring (bicyclic) bond motifs is 1. The molecule has 6 heteroatoms. The third-order valence-corrected chi connectivity index (χ3v) is 5.27. The van der Waals surface area contributed by atoms with Crippen molar-refractivity contribution >= 4 is 28.5 Å². The normalized spacial score (nSPS) is 12.0. The van der Waals surface area contributed by atoms with Crippen LogP contribution in [0.5, 0.6) is 5.75 Å². The molecule has 2 aromatic carbocycles. The number of ether oxygens (including phenoxy) is 1. The van der Waals surface area contributed by atoms with E-state index in [0.29, 0.717) is 22.3 Å². The number of hydrogen-bond donors (Lipinski definition) is 2. The molecule has 0 spiro atoms. The van der Waals surface area contributed by atoms with E-state index in [1.807, 2.05) is 53.7 Å². The van der Waals surface area contributed by atoms with E-state index in [-0.39, 0.29) is 21.8 Å². The second kappa shape index (κ2) is 8.26. The topological polar surface area (TPSA) is 88.3 Å². The Balaban J connectivity index is 2.14.